The number of halogens is 2. The molecule has 0 heterocycles. The third-order valence-electron chi connectivity index (χ3n) is 14.5. The molecule has 0 unspecified atom stereocenters. The molecule has 10 aromatic carbocycles. The Morgan fingerprint density at radius 2 is 0.746 bits per heavy atom. The monoisotopic (exact) mass is 1070 g/mol. The second-order valence-corrected chi connectivity index (χ2v) is 23.3. The molecule has 0 radical (unpaired) electrons. The third-order valence-corrected chi connectivity index (χ3v) is 20.4. The standard InChI is InChI=1S/C33H21.C31H29.2ClH.Hf/c1-3-11-28-22(7-1)9-5-13-30(28)24-15-17-32-26(19-24)21-27-20-25(16-18-33(27)32)31-14-6-10-23-8-2-4-12-29(23)31;1-18-11-20(3)30(21(4)12-18)24-7-9-28-26(15-24)17-27-16-25(8-10-29(27)28)31-22(5)13-19(2)14-23(31)6;;;/h1-19H,21H2;7-15H,17H2,1-6H3;2*1H;/q;;;;+2/p-2. The van der Waals surface area contributed by atoms with Crippen LogP contribution in [0.2, 0.25) is 0 Å². The second kappa shape index (κ2) is 17.7. The van der Waals surface area contributed by atoms with Gasteiger partial charge in [0.2, 0.25) is 0 Å². The molecule has 0 spiro atoms. The van der Waals surface area contributed by atoms with E-state index >= 15 is 0 Å². The fourth-order valence-corrected chi connectivity index (χ4v) is 18.0. The van der Waals surface area contributed by atoms with Gasteiger partial charge in [0.25, 0.3) is 0 Å². The Hall–Kier alpha value is -5.83. The van der Waals surface area contributed by atoms with Crippen LogP contribution < -0.4 is 31.5 Å². The van der Waals surface area contributed by atoms with E-state index in [2.05, 4.69) is 211 Å². The maximum atomic E-state index is 2.52. The summed E-state index contributed by atoms with van der Waals surface area (Å²) < 4.78 is 3.29. The minimum absolute atomic E-state index is 0. The van der Waals surface area contributed by atoms with Crippen molar-refractivity contribution in [2.75, 3.05) is 0 Å². The van der Waals surface area contributed by atoms with Gasteiger partial charge in [-0.15, -0.1) is 0 Å². The summed E-state index contributed by atoms with van der Waals surface area (Å²) in [5.74, 6) is 0. The van der Waals surface area contributed by atoms with Crippen LogP contribution in [0.25, 0.3) is 88.3 Å². The van der Waals surface area contributed by atoms with E-state index in [4.69, 9.17) is 0 Å². The van der Waals surface area contributed by atoms with Gasteiger partial charge in [0, 0.05) is 0 Å². The molecule has 12 rings (SSSR count). The molecule has 0 N–H and O–H groups in total. The number of hydrogen-bond donors (Lipinski definition) is 0. The number of aryl methyl sites for hydroxylation is 6. The molecular formula is C64H50Cl2Hf. The van der Waals surface area contributed by atoms with Crippen molar-refractivity contribution in [2.24, 2.45) is 0 Å². The van der Waals surface area contributed by atoms with Crippen molar-refractivity contribution >= 4 is 28.2 Å². The van der Waals surface area contributed by atoms with Crippen LogP contribution in [0.15, 0.2) is 170 Å². The minimum Gasteiger partial charge on any atom is -1.00 e. The van der Waals surface area contributed by atoms with Gasteiger partial charge in [-0.3, -0.25) is 0 Å². The van der Waals surface area contributed by atoms with Crippen LogP contribution in [-0.4, -0.2) is 0 Å². The van der Waals surface area contributed by atoms with E-state index in [0.29, 0.717) is 0 Å². The first kappa shape index (κ1) is 45.0. The maximum absolute atomic E-state index is 2.52. The van der Waals surface area contributed by atoms with Crippen LogP contribution in [-0.2, 0) is 35.7 Å². The zero-order chi connectivity index (χ0) is 44.1. The molecular weight excluding hydrogens is 1020 g/mol. The molecule has 3 heteroatoms. The van der Waals surface area contributed by atoms with E-state index < -0.39 is 22.9 Å². The van der Waals surface area contributed by atoms with Crippen LogP contribution in [0.3, 0.4) is 0 Å². The largest absolute Gasteiger partial charge is 1.00 e. The molecule has 0 bridgehead atoms. The van der Waals surface area contributed by atoms with E-state index in [0.717, 1.165) is 12.8 Å². The molecule has 324 valence electrons. The summed E-state index contributed by atoms with van der Waals surface area (Å²) in [7, 11) is 0. The smallest absolute Gasteiger partial charge is 1.00 e. The Kier molecular flexibility index (Phi) is 11.9. The van der Waals surface area contributed by atoms with Gasteiger partial charge in [0.05, 0.1) is 0 Å². The molecule has 0 saturated carbocycles. The molecule has 2 aliphatic rings. The molecule has 0 atom stereocenters. The first-order valence-corrected chi connectivity index (χ1v) is 26.8. The quantitative estimate of drug-likeness (QED) is 0.146. The summed E-state index contributed by atoms with van der Waals surface area (Å²) in [4.78, 5) is 0. The van der Waals surface area contributed by atoms with Gasteiger partial charge in [0.1, 0.15) is 0 Å². The topological polar surface area (TPSA) is 0 Å². The zero-order valence-corrected chi connectivity index (χ0v) is 43.9. The van der Waals surface area contributed by atoms with Gasteiger partial charge in [-0.25, -0.2) is 0 Å². The van der Waals surface area contributed by atoms with Crippen LogP contribution in [0.5, 0.6) is 0 Å². The van der Waals surface area contributed by atoms with Gasteiger partial charge in [-0.05, 0) is 0 Å². The molecule has 67 heavy (non-hydrogen) atoms. The van der Waals surface area contributed by atoms with Crippen molar-refractivity contribution < 1.29 is 47.7 Å². The van der Waals surface area contributed by atoms with Crippen LogP contribution in [0.4, 0.5) is 0 Å². The Balaban J connectivity index is 0.00000263. The fraction of sp³-hybridized carbons (Fsp3) is 0.125. The molecule has 0 saturated heterocycles. The Morgan fingerprint density at radius 1 is 0.328 bits per heavy atom. The predicted molar refractivity (Wildman–Crippen MR) is 274 cm³/mol. The van der Waals surface area contributed by atoms with Gasteiger partial charge in [-0.2, -0.15) is 0 Å². The van der Waals surface area contributed by atoms with Crippen LogP contribution >= 0.6 is 0 Å². The number of rotatable bonds is 6. The Morgan fingerprint density at radius 3 is 1.33 bits per heavy atom. The number of hydrogen-bond acceptors (Lipinski definition) is 0. The predicted octanol–water partition coefficient (Wildman–Crippen LogP) is 9.70. The van der Waals surface area contributed by atoms with Crippen molar-refractivity contribution in [3.05, 3.63) is 225 Å². The molecule has 0 nitrogen and oxygen atoms in total. The summed E-state index contributed by atoms with van der Waals surface area (Å²) in [6.45, 7) is 13.7. The third kappa shape index (κ3) is 7.55. The van der Waals surface area contributed by atoms with Crippen LogP contribution in [0.1, 0.15) is 55.6 Å². The van der Waals surface area contributed by atoms with Crippen molar-refractivity contribution in [1.82, 2.24) is 0 Å². The number of benzene rings is 10. The second-order valence-electron chi connectivity index (χ2n) is 18.9. The molecule has 0 amide bonds. The molecule has 0 aromatic heterocycles. The van der Waals surface area contributed by atoms with Gasteiger partial charge in [-0.1, -0.05) is 0 Å². The normalized spacial score (nSPS) is 11.9. The van der Waals surface area contributed by atoms with Crippen molar-refractivity contribution in [2.45, 2.75) is 54.4 Å². The molecule has 0 aliphatic heterocycles. The Bertz CT molecular complexity index is 3590. The minimum atomic E-state index is -1.91. The van der Waals surface area contributed by atoms with Gasteiger partial charge in [0.15, 0.2) is 0 Å². The van der Waals surface area contributed by atoms with E-state index in [-0.39, 0.29) is 24.8 Å². The summed E-state index contributed by atoms with van der Waals surface area (Å²) in [6.07, 6.45) is 1.92. The summed E-state index contributed by atoms with van der Waals surface area (Å²) in [5, 5.41) is 5.22. The average molecular weight is 1070 g/mol. The first-order chi connectivity index (χ1) is 31.7. The van der Waals surface area contributed by atoms with E-state index in [1.54, 1.807) is 17.8 Å². The molecule has 10 aromatic rings. The van der Waals surface area contributed by atoms with Crippen molar-refractivity contribution in [3.63, 3.8) is 0 Å². The van der Waals surface area contributed by atoms with Gasteiger partial charge >= 0.3 is 398 Å². The van der Waals surface area contributed by atoms with Crippen LogP contribution in [0, 0.1) is 41.5 Å². The van der Waals surface area contributed by atoms with Crippen molar-refractivity contribution in [3.8, 4) is 66.8 Å². The van der Waals surface area contributed by atoms with Gasteiger partial charge < -0.3 is 24.8 Å². The van der Waals surface area contributed by atoms with E-state index in [1.165, 1.54) is 133 Å². The van der Waals surface area contributed by atoms with Crippen molar-refractivity contribution in [1.29, 1.82) is 0 Å². The van der Waals surface area contributed by atoms with E-state index in [1.807, 2.05) is 0 Å². The summed E-state index contributed by atoms with van der Waals surface area (Å²) in [5.41, 5.74) is 30.7. The summed E-state index contributed by atoms with van der Waals surface area (Å²) >= 11 is -1.91. The number of fused-ring (bicyclic) bond motifs is 8. The van der Waals surface area contributed by atoms with E-state index in [9.17, 15) is 0 Å². The molecule has 2 aliphatic carbocycles. The maximum Gasteiger partial charge on any atom is -1.00 e. The average Bonchev–Trinajstić information content (AvgIpc) is 3.87. The fourth-order valence-electron chi connectivity index (χ4n) is 11.9. The SMILES string of the molecule is Cc1cc(C)c(-c2ccc3c(c2)Cc2c-3ccc(-c3c(C)cc(C)cc3C)[c]2[Hf+2][c]2c(-c3cccc4ccccc34)ccc3c2Cc2cc(-c4cccc5ccccc45)ccc2-3)c(C)c1.[Cl-].[Cl-]. The molecule has 0 fully saturated rings. The Labute approximate surface area is 419 Å². The zero-order valence-electron chi connectivity index (χ0n) is 38.8. The first-order valence-electron chi connectivity index (χ1n) is 23.2. The summed E-state index contributed by atoms with van der Waals surface area (Å²) in [6, 6.07) is 65.5.